The van der Waals surface area contributed by atoms with Crippen molar-refractivity contribution in [1.82, 2.24) is 0 Å². The highest BCUT2D eigenvalue weighted by Gasteiger charge is 2.20. The van der Waals surface area contributed by atoms with E-state index < -0.39 is 0 Å². The van der Waals surface area contributed by atoms with Crippen LogP contribution >= 0.6 is 24.4 Å². The van der Waals surface area contributed by atoms with Crippen molar-refractivity contribution in [2.45, 2.75) is 70.6 Å². The number of rotatable bonds is 2. The summed E-state index contributed by atoms with van der Waals surface area (Å²) in [7, 11) is 0. The van der Waals surface area contributed by atoms with E-state index in [1.54, 1.807) is 42.4 Å². The molecule has 2 saturated carbocycles. The second kappa shape index (κ2) is 14.0. The lowest BCUT2D eigenvalue weighted by Gasteiger charge is -2.28. The first-order valence-corrected chi connectivity index (χ1v) is 8.17. The van der Waals surface area contributed by atoms with E-state index in [9.17, 15) is 0 Å². The van der Waals surface area contributed by atoms with Gasteiger partial charge in [-0.3, -0.25) is 0 Å². The molecule has 0 amide bonds. The Bertz CT molecular complexity index is 240. The van der Waals surface area contributed by atoms with E-state index in [-0.39, 0.29) is 0 Å². The van der Waals surface area contributed by atoms with Gasteiger partial charge < -0.3 is 0 Å². The largest absolute Gasteiger partial charge is 0.248 e. The molecule has 0 aromatic heterocycles. The van der Waals surface area contributed by atoms with Gasteiger partial charge in [0.15, 0.2) is 0 Å². The van der Waals surface area contributed by atoms with E-state index in [1.165, 1.54) is 38.5 Å². The highest BCUT2D eigenvalue weighted by molar-refractivity contribution is 7.78. The summed E-state index contributed by atoms with van der Waals surface area (Å²) in [4.78, 5) is 0. The second-order valence-corrected chi connectivity index (χ2v) is 5.86. The summed E-state index contributed by atoms with van der Waals surface area (Å²) in [5.74, 6) is 2.24. The summed E-state index contributed by atoms with van der Waals surface area (Å²) in [5, 5.41) is 14.7. The molecule has 0 heterocycles. The minimum atomic E-state index is 1.12. The van der Waals surface area contributed by atoms with Crippen LogP contribution in [0.15, 0.2) is 0 Å². The average molecular weight is 299 g/mol. The van der Waals surface area contributed by atoms with Gasteiger partial charge in [0.1, 0.15) is 0 Å². The molecule has 2 N–H and O–H groups in total. The van der Waals surface area contributed by atoms with Crippen molar-refractivity contribution in [1.29, 1.82) is 10.8 Å². The molecule has 0 aliphatic heterocycles. The molecular formula is C15H26N2S2. The van der Waals surface area contributed by atoms with Crippen LogP contribution in [0.5, 0.6) is 0 Å². The van der Waals surface area contributed by atoms with Gasteiger partial charge in [0.05, 0.1) is 10.3 Å². The molecule has 0 aromatic carbocycles. The van der Waals surface area contributed by atoms with Crippen molar-refractivity contribution < 1.29 is 0 Å². The van der Waals surface area contributed by atoms with Crippen LogP contribution in [0.1, 0.15) is 70.6 Å². The normalized spacial score (nSPS) is 19.8. The van der Waals surface area contributed by atoms with Crippen LogP contribution in [0, 0.1) is 22.7 Å². The summed E-state index contributed by atoms with van der Waals surface area (Å²) >= 11 is 7.62. The quantitative estimate of drug-likeness (QED) is 0.494. The molecule has 0 saturated heterocycles. The first-order valence-electron chi connectivity index (χ1n) is 7.36. The summed E-state index contributed by atoms with van der Waals surface area (Å²) in [6.07, 6.45) is 16.9. The van der Waals surface area contributed by atoms with Gasteiger partial charge in [-0.05, 0) is 42.7 Å². The van der Waals surface area contributed by atoms with Crippen LogP contribution in [0.3, 0.4) is 0 Å². The third kappa shape index (κ3) is 11.1. The lowest BCUT2D eigenvalue weighted by atomic mass is 9.78. The third-order valence-electron chi connectivity index (χ3n) is 4.12. The third-order valence-corrected chi connectivity index (χ3v) is 4.12. The fourth-order valence-corrected chi connectivity index (χ4v) is 3.32. The summed E-state index contributed by atoms with van der Waals surface area (Å²) in [5.41, 5.74) is 0. The van der Waals surface area contributed by atoms with Crippen LogP contribution in [0.25, 0.3) is 0 Å². The van der Waals surface area contributed by atoms with E-state index in [0.29, 0.717) is 0 Å². The predicted molar refractivity (Wildman–Crippen MR) is 88.4 cm³/mol. The van der Waals surface area contributed by atoms with Gasteiger partial charge in [-0.2, -0.15) is 0 Å². The average Bonchev–Trinajstić information content (AvgIpc) is 2.43. The molecule has 0 spiro atoms. The number of hydrogen-bond acceptors (Lipinski definition) is 4. The van der Waals surface area contributed by atoms with E-state index in [0.717, 1.165) is 11.8 Å². The lowest BCUT2D eigenvalue weighted by Crippen LogP contribution is -2.14. The Kier molecular flexibility index (Phi) is 13.7. The van der Waals surface area contributed by atoms with Crippen LogP contribution in [0.4, 0.5) is 0 Å². The maximum atomic E-state index is 5.77. The van der Waals surface area contributed by atoms with Crippen LogP contribution in [0.2, 0.25) is 0 Å². The number of nitrogens with one attached hydrogen (secondary N) is 2. The Morgan fingerprint density at radius 1 is 0.684 bits per heavy atom. The van der Waals surface area contributed by atoms with Crippen molar-refractivity contribution in [2.75, 3.05) is 0 Å². The number of hydrogen-bond donors (Lipinski definition) is 2. The van der Waals surface area contributed by atoms with Crippen LogP contribution < -0.4 is 0 Å². The lowest BCUT2D eigenvalue weighted by molar-refractivity contribution is 0.244. The molecule has 0 aromatic rings. The molecule has 2 aliphatic carbocycles. The van der Waals surface area contributed by atoms with Gasteiger partial charge in [-0.1, -0.05) is 64.2 Å². The van der Waals surface area contributed by atoms with Gasteiger partial charge in [0.25, 0.3) is 0 Å². The minimum Gasteiger partial charge on any atom is -0.248 e. The molecule has 19 heavy (non-hydrogen) atoms. The zero-order chi connectivity index (χ0) is 14.3. The Morgan fingerprint density at radius 3 is 1.21 bits per heavy atom. The van der Waals surface area contributed by atoms with Crippen molar-refractivity contribution in [3.8, 4) is 0 Å². The number of isothiocyanates is 2. The molecule has 108 valence electrons. The molecule has 2 aliphatic rings. The Balaban J connectivity index is 0.000000465. The highest BCUT2D eigenvalue weighted by Crippen LogP contribution is 2.34. The van der Waals surface area contributed by atoms with E-state index in [1.807, 2.05) is 0 Å². The summed E-state index contributed by atoms with van der Waals surface area (Å²) in [6, 6.07) is 0. The SMILES string of the molecule is C1CCC(CC2CCCCC2)CC1.N=C=S.N=C=S. The molecule has 0 unspecified atom stereocenters. The monoisotopic (exact) mass is 298 g/mol. The zero-order valence-electron chi connectivity index (χ0n) is 11.7. The Labute approximate surface area is 128 Å². The van der Waals surface area contributed by atoms with Crippen molar-refractivity contribution in [2.24, 2.45) is 11.8 Å². The first-order chi connectivity index (χ1) is 9.28. The molecule has 2 fully saturated rings. The second-order valence-electron chi connectivity index (χ2n) is 5.45. The fraction of sp³-hybridized carbons (Fsp3) is 0.867. The van der Waals surface area contributed by atoms with E-state index in [4.69, 9.17) is 10.8 Å². The predicted octanol–water partition coefficient (Wildman–Crippen LogP) is 5.87. The topological polar surface area (TPSA) is 47.7 Å². The van der Waals surface area contributed by atoms with E-state index in [2.05, 4.69) is 24.4 Å². The highest BCUT2D eigenvalue weighted by atomic mass is 32.1. The van der Waals surface area contributed by atoms with Gasteiger partial charge in [-0.15, -0.1) is 0 Å². The van der Waals surface area contributed by atoms with Crippen molar-refractivity contribution in [3.63, 3.8) is 0 Å². The summed E-state index contributed by atoms with van der Waals surface area (Å²) < 4.78 is 0. The molecule has 0 radical (unpaired) electrons. The molecular weight excluding hydrogens is 272 g/mol. The van der Waals surface area contributed by atoms with Gasteiger partial charge >= 0.3 is 0 Å². The minimum absolute atomic E-state index is 1.12. The van der Waals surface area contributed by atoms with Gasteiger partial charge in [0, 0.05) is 0 Å². The maximum Gasteiger partial charge on any atom is 0.0554 e. The van der Waals surface area contributed by atoms with E-state index >= 15 is 0 Å². The fourth-order valence-electron chi connectivity index (χ4n) is 3.32. The van der Waals surface area contributed by atoms with Crippen molar-refractivity contribution in [3.05, 3.63) is 0 Å². The van der Waals surface area contributed by atoms with Crippen LogP contribution in [-0.4, -0.2) is 10.3 Å². The molecule has 2 nitrogen and oxygen atoms in total. The zero-order valence-corrected chi connectivity index (χ0v) is 13.4. The summed E-state index contributed by atoms with van der Waals surface area (Å²) in [6.45, 7) is 0. The molecule has 0 bridgehead atoms. The first kappa shape index (κ1) is 18.6. The smallest absolute Gasteiger partial charge is 0.0554 e. The van der Waals surface area contributed by atoms with Gasteiger partial charge in [-0.25, -0.2) is 10.8 Å². The van der Waals surface area contributed by atoms with Crippen LogP contribution in [-0.2, 0) is 0 Å². The van der Waals surface area contributed by atoms with Gasteiger partial charge in [0.2, 0.25) is 0 Å². The maximum absolute atomic E-state index is 5.77. The standard InChI is InChI=1S/C13H24.2CHNS/c1-3-7-12(8-4-1)11-13-9-5-2-6-10-13;2*2-1-3/h12-13H,1-11H2;2*2H. The molecule has 4 heteroatoms. The molecule has 2 rings (SSSR count). The Hall–Kier alpha value is -0.400. The Morgan fingerprint density at radius 2 is 0.947 bits per heavy atom. The van der Waals surface area contributed by atoms with Crippen molar-refractivity contribution >= 4 is 34.8 Å². The number of thiocarbonyl (C=S) groups is 2. The molecule has 0 atom stereocenters.